The van der Waals surface area contributed by atoms with E-state index in [2.05, 4.69) is 10.0 Å². The lowest BCUT2D eigenvalue weighted by atomic mass is 10.1. The first-order valence-corrected chi connectivity index (χ1v) is 11.5. The van der Waals surface area contributed by atoms with Crippen molar-refractivity contribution in [1.82, 2.24) is 0 Å². The molecule has 3 rings (SSSR count). The van der Waals surface area contributed by atoms with Crippen molar-refractivity contribution in [2.24, 2.45) is 0 Å². The summed E-state index contributed by atoms with van der Waals surface area (Å²) in [5, 5.41) is 3.14. The topological polar surface area (TPSA) is 84.5 Å². The lowest BCUT2D eigenvalue weighted by molar-refractivity contribution is 0.102. The summed E-state index contributed by atoms with van der Waals surface area (Å²) in [5.74, 6) is -0.0657. The Morgan fingerprint density at radius 2 is 1.77 bits per heavy atom. The van der Waals surface area contributed by atoms with Crippen LogP contribution in [0.2, 0.25) is 5.02 Å². The molecule has 0 fully saturated rings. The van der Waals surface area contributed by atoms with Crippen molar-refractivity contribution in [1.29, 1.82) is 0 Å². The van der Waals surface area contributed by atoms with Crippen LogP contribution in [-0.2, 0) is 10.0 Å². The number of rotatable bonds is 7. The fourth-order valence-corrected chi connectivity index (χ4v) is 4.27. The van der Waals surface area contributed by atoms with Gasteiger partial charge in [0.25, 0.3) is 15.9 Å². The number of hydrogen-bond acceptors (Lipinski definition) is 4. The van der Waals surface area contributed by atoms with Crippen molar-refractivity contribution in [3.8, 4) is 5.75 Å². The molecule has 0 heterocycles. The quantitative estimate of drug-likeness (QED) is 0.495. The second-order valence-corrected chi connectivity index (χ2v) is 9.10. The van der Waals surface area contributed by atoms with E-state index in [4.69, 9.17) is 16.3 Å². The minimum Gasteiger partial charge on any atom is -0.492 e. The Morgan fingerprint density at radius 3 is 2.48 bits per heavy atom. The Kier molecular flexibility index (Phi) is 6.87. The molecule has 3 aromatic rings. The predicted octanol–water partition coefficient (Wildman–Crippen LogP) is 5.41. The summed E-state index contributed by atoms with van der Waals surface area (Å²) in [6, 6.07) is 16.3. The maximum Gasteiger partial charge on any atom is 0.261 e. The zero-order valence-electron chi connectivity index (χ0n) is 17.4. The predicted molar refractivity (Wildman–Crippen MR) is 124 cm³/mol. The van der Waals surface area contributed by atoms with Crippen molar-refractivity contribution in [3.63, 3.8) is 0 Å². The number of carbonyl (C=O) groups is 1. The van der Waals surface area contributed by atoms with E-state index in [0.29, 0.717) is 28.6 Å². The van der Waals surface area contributed by atoms with Gasteiger partial charge >= 0.3 is 0 Å². The summed E-state index contributed by atoms with van der Waals surface area (Å²) in [5.41, 5.74) is 2.82. The van der Waals surface area contributed by atoms with Crippen LogP contribution in [0.4, 0.5) is 11.4 Å². The van der Waals surface area contributed by atoms with E-state index < -0.39 is 15.9 Å². The number of benzene rings is 3. The molecule has 0 aliphatic carbocycles. The average Bonchev–Trinajstić information content (AvgIpc) is 2.72. The normalized spacial score (nSPS) is 11.1. The monoisotopic (exact) mass is 458 g/mol. The zero-order valence-corrected chi connectivity index (χ0v) is 19.0. The zero-order chi connectivity index (χ0) is 22.6. The Labute approximate surface area is 187 Å². The summed E-state index contributed by atoms with van der Waals surface area (Å²) in [4.78, 5) is 12.7. The molecule has 6 nitrogen and oxygen atoms in total. The van der Waals surface area contributed by atoms with Gasteiger partial charge in [0.1, 0.15) is 5.75 Å². The molecule has 1 amide bonds. The Morgan fingerprint density at radius 1 is 1.00 bits per heavy atom. The first kappa shape index (κ1) is 22.7. The van der Waals surface area contributed by atoms with Gasteiger partial charge in [-0.1, -0.05) is 29.8 Å². The number of carbonyl (C=O) groups excluding carboxylic acids is 1. The average molecular weight is 459 g/mol. The minimum atomic E-state index is -3.89. The van der Waals surface area contributed by atoms with Crippen molar-refractivity contribution in [2.45, 2.75) is 25.7 Å². The van der Waals surface area contributed by atoms with E-state index in [0.717, 1.165) is 11.1 Å². The third-order valence-electron chi connectivity index (χ3n) is 4.53. The Balaban J connectivity index is 1.95. The van der Waals surface area contributed by atoms with Crippen LogP contribution in [0.3, 0.4) is 0 Å². The van der Waals surface area contributed by atoms with Crippen LogP contribution in [0.1, 0.15) is 28.4 Å². The van der Waals surface area contributed by atoms with E-state index in [-0.39, 0.29) is 10.6 Å². The number of aryl methyl sites for hydroxylation is 2. The molecule has 2 N–H and O–H groups in total. The van der Waals surface area contributed by atoms with Crippen LogP contribution >= 0.6 is 11.6 Å². The molecule has 0 spiro atoms. The molecular formula is C23H23ClN2O4S. The van der Waals surface area contributed by atoms with Crippen LogP contribution in [0, 0.1) is 13.8 Å². The van der Waals surface area contributed by atoms with Crippen LogP contribution in [0.25, 0.3) is 0 Å². The van der Waals surface area contributed by atoms with Gasteiger partial charge < -0.3 is 10.1 Å². The number of ether oxygens (including phenoxy) is 1. The maximum atomic E-state index is 13.0. The summed E-state index contributed by atoms with van der Waals surface area (Å²) >= 11 is 5.97. The molecule has 0 saturated heterocycles. The fourth-order valence-electron chi connectivity index (χ4n) is 2.93. The molecule has 0 radical (unpaired) electrons. The van der Waals surface area contributed by atoms with Gasteiger partial charge in [0.05, 0.1) is 22.9 Å². The summed E-state index contributed by atoms with van der Waals surface area (Å²) < 4.78 is 34.2. The lowest BCUT2D eigenvalue weighted by Crippen LogP contribution is -2.16. The molecule has 3 aromatic carbocycles. The van der Waals surface area contributed by atoms with Gasteiger partial charge in [-0.2, -0.15) is 0 Å². The van der Waals surface area contributed by atoms with Crippen molar-refractivity contribution in [2.75, 3.05) is 16.6 Å². The molecule has 31 heavy (non-hydrogen) atoms. The summed E-state index contributed by atoms with van der Waals surface area (Å²) in [6.07, 6.45) is 0. The number of anilines is 2. The summed E-state index contributed by atoms with van der Waals surface area (Å²) in [7, 11) is -3.89. The number of halogens is 1. The molecule has 0 aliphatic rings. The van der Waals surface area contributed by atoms with Crippen LogP contribution in [-0.4, -0.2) is 20.9 Å². The lowest BCUT2D eigenvalue weighted by Gasteiger charge is -2.15. The summed E-state index contributed by atoms with van der Waals surface area (Å²) in [6.45, 7) is 5.87. The highest BCUT2D eigenvalue weighted by Crippen LogP contribution is 2.30. The van der Waals surface area contributed by atoms with Gasteiger partial charge in [-0.25, -0.2) is 8.42 Å². The molecular weight excluding hydrogens is 436 g/mol. The van der Waals surface area contributed by atoms with E-state index in [9.17, 15) is 13.2 Å². The molecule has 0 aliphatic heterocycles. The van der Waals surface area contributed by atoms with Gasteiger partial charge in [-0.05, 0) is 74.4 Å². The van der Waals surface area contributed by atoms with Crippen LogP contribution < -0.4 is 14.8 Å². The van der Waals surface area contributed by atoms with E-state index in [1.165, 1.54) is 24.3 Å². The Bertz CT molecular complexity index is 1230. The van der Waals surface area contributed by atoms with Crippen LogP contribution in [0.15, 0.2) is 65.6 Å². The standard InChI is InChI=1S/C23H23ClN2O4S/c1-4-30-22-11-10-19(31(28,29)26-20-12-15(2)8-9-16(20)3)14-21(22)25-23(27)17-6-5-7-18(24)13-17/h5-14,26H,4H2,1-3H3,(H,25,27). The maximum absolute atomic E-state index is 13.0. The molecule has 0 aromatic heterocycles. The minimum absolute atomic E-state index is 0.00162. The number of nitrogens with one attached hydrogen (secondary N) is 2. The molecule has 0 atom stereocenters. The third kappa shape index (κ3) is 5.57. The molecule has 8 heteroatoms. The highest BCUT2D eigenvalue weighted by molar-refractivity contribution is 7.92. The van der Waals surface area contributed by atoms with Crippen molar-refractivity contribution < 1.29 is 17.9 Å². The van der Waals surface area contributed by atoms with E-state index in [1.807, 2.05) is 26.0 Å². The highest BCUT2D eigenvalue weighted by Gasteiger charge is 2.19. The fraction of sp³-hybridized carbons (Fsp3) is 0.174. The third-order valence-corrected chi connectivity index (χ3v) is 6.13. The van der Waals surface area contributed by atoms with Gasteiger partial charge in [0.2, 0.25) is 0 Å². The molecule has 0 bridgehead atoms. The van der Waals surface area contributed by atoms with Crippen LogP contribution in [0.5, 0.6) is 5.75 Å². The molecule has 0 unspecified atom stereocenters. The second kappa shape index (κ2) is 9.41. The van der Waals surface area contributed by atoms with Crippen molar-refractivity contribution >= 4 is 38.9 Å². The number of sulfonamides is 1. The second-order valence-electron chi connectivity index (χ2n) is 6.98. The van der Waals surface area contributed by atoms with E-state index in [1.54, 1.807) is 31.2 Å². The molecule has 0 saturated carbocycles. The number of amides is 1. The first-order chi connectivity index (χ1) is 14.7. The Hall–Kier alpha value is -3.03. The number of hydrogen-bond donors (Lipinski definition) is 2. The van der Waals surface area contributed by atoms with E-state index >= 15 is 0 Å². The molecule has 162 valence electrons. The van der Waals surface area contributed by atoms with Gasteiger partial charge in [-0.15, -0.1) is 0 Å². The van der Waals surface area contributed by atoms with Gasteiger partial charge in [0, 0.05) is 10.6 Å². The first-order valence-electron chi connectivity index (χ1n) is 9.63. The van der Waals surface area contributed by atoms with Crippen molar-refractivity contribution in [3.05, 3.63) is 82.4 Å². The smallest absolute Gasteiger partial charge is 0.261 e. The van der Waals surface area contributed by atoms with Gasteiger partial charge in [0.15, 0.2) is 0 Å². The van der Waals surface area contributed by atoms with Gasteiger partial charge in [-0.3, -0.25) is 9.52 Å². The highest BCUT2D eigenvalue weighted by atomic mass is 35.5. The SMILES string of the molecule is CCOc1ccc(S(=O)(=O)Nc2cc(C)ccc2C)cc1NC(=O)c1cccc(Cl)c1. The largest absolute Gasteiger partial charge is 0.492 e.